The van der Waals surface area contributed by atoms with E-state index in [1.165, 1.54) is 0 Å². The standard InChI is InChI=1S/C18H25NO6/c1-18(2)24-14(10-15(25-18)11-16(20)21)8-9-19-17(22)23-12-13-6-4-3-5-7-13/h3-7,14-15H,8-12H2,1-2H3,(H,19,22)(H,20,21)/t14?,15-/m1/s1. The number of ether oxygens (including phenoxy) is 3. The Morgan fingerprint density at radius 1 is 1.24 bits per heavy atom. The Hall–Kier alpha value is -2.12. The molecule has 1 aliphatic heterocycles. The van der Waals surface area contributed by atoms with Crippen LogP contribution in [0.2, 0.25) is 0 Å². The van der Waals surface area contributed by atoms with E-state index in [9.17, 15) is 9.59 Å². The Balaban J connectivity index is 1.70. The Labute approximate surface area is 147 Å². The maximum absolute atomic E-state index is 11.7. The fourth-order valence-corrected chi connectivity index (χ4v) is 2.83. The molecule has 0 aromatic heterocycles. The first kappa shape index (κ1) is 19.2. The highest BCUT2D eigenvalue weighted by molar-refractivity contribution is 5.67. The van der Waals surface area contributed by atoms with Gasteiger partial charge in [0, 0.05) is 13.0 Å². The first-order valence-electron chi connectivity index (χ1n) is 8.36. The van der Waals surface area contributed by atoms with Gasteiger partial charge in [-0.25, -0.2) is 4.79 Å². The lowest BCUT2D eigenvalue weighted by atomic mass is 10.0. The third-order valence-corrected chi connectivity index (χ3v) is 3.78. The van der Waals surface area contributed by atoms with Crippen LogP contribution in [0.15, 0.2) is 30.3 Å². The van der Waals surface area contributed by atoms with Crippen molar-refractivity contribution in [1.82, 2.24) is 5.32 Å². The monoisotopic (exact) mass is 351 g/mol. The van der Waals surface area contributed by atoms with Gasteiger partial charge in [0.1, 0.15) is 6.61 Å². The third kappa shape index (κ3) is 7.11. The third-order valence-electron chi connectivity index (χ3n) is 3.78. The van der Waals surface area contributed by atoms with E-state index in [0.717, 1.165) is 5.56 Å². The van der Waals surface area contributed by atoms with Gasteiger partial charge in [-0.05, 0) is 25.8 Å². The van der Waals surface area contributed by atoms with Crippen molar-refractivity contribution < 1.29 is 28.9 Å². The second-order valence-corrected chi connectivity index (χ2v) is 6.49. The molecule has 2 atom stereocenters. The minimum Gasteiger partial charge on any atom is -0.481 e. The molecule has 1 heterocycles. The molecule has 1 aliphatic rings. The fourth-order valence-electron chi connectivity index (χ4n) is 2.83. The summed E-state index contributed by atoms with van der Waals surface area (Å²) in [6.45, 7) is 4.12. The maximum Gasteiger partial charge on any atom is 0.407 e. The molecule has 1 saturated heterocycles. The molecule has 0 saturated carbocycles. The van der Waals surface area contributed by atoms with Gasteiger partial charge in [-0.2, -0.15) is 0 Å². The lowest BCUT2D eigenvalue weighted by molar-refractivity contribution is -0.300. The van der Waals surface area contributed by atoms with Crippen LogP contribution in [0.25, 0.3) is 0 Å². The van der Waals surface area contributed by atoms with Crippen LogP contribution in [-0.4, -0.2) is 41.7 Å². The van der Waals surface area contributed by atoms with E-state index < -0.39 is 24.0 Å². The van der Waals surface area contributed by atoms with Gasteiger partial charge in [-0.1, -0.05) is 30.3 Å². The van der Waals surface area contributed by atoms with E-state index in [0.29, 0.717) is 19.4 Å². The number of rotatable bonds is 7. The van der Waals surface area contributed by atoms with Gasteiger partial charge >= 0.3 is 12.1 Å². The molecule has 2 rings (SSSR count). The lowest BCUT2D eigenvalue weighted by Crippen LogP contribution is -2.46. The van der Waals surface area contributed by atoms with E-state index >= 15 is 0 Å². The predicted octanol–water partition coefficient (Wildman–Crippen LogP) is 2.69. The fraction of sp³-hybridized carbons (Fsp3) is 0.556. The maximum atomic E-state index is 11.7. The van der Waals surface area contributed by atoms with Crippen molar-refractivity contribution in [2.75, 3.05) is 6.54 Å². The average molecular weight is 351 g/mol. The van der Waals surface area contributed by atoms with Gasteiger partial charge in [-0.15, -0.1) is 0 Å². The molecule has 1 fully saturated rings. The van der Waals surface area contributed by atoms with Gasteiger partial charge in [-0.3, -0.25) is 4.79 Å². The van der Waals surface area contributed by atoms with Gasteiger partial charge in [0.2, 0.25) is 0 Å². The second kappa shape index (κ2) is 8.82. The Morgan fingerprint density at radius 3 is 2.60 bits per heavy atom. The zero-order valence-corrected chi connectivity index (χ0v) is 14.6. The van der Waals surface area contributed by atoms with Gasteiger partial charge in [0.25, 0.3) is 0 Å². The van der Waals surface area contributed by atoms with Crippen molar-refractivity contribution in [2.45, 2.75) is 57.7 Å². The highest BCUT2D eigenvalue weighted by Crippen LogP contribution is 2.29. The summed E-state index contributed by atoms with van der Waals surface area (Å²) in [5.74, 6) is -1.74. The number of aliphatic carboxylic acids is 1. The van der Waals surface area contributed by atoms with E-state index in [2.05, 4.69) is 5.32 Å². The smallest absolute Gasteiger partial charge is 0.407 e. The Morgan fingerprint density at radius 2 is 1.92 bits per heavy atom. The first-order valence-corrected chi connectivity index (χ1v) is 8.36. The molecule has 1 aromatic rings. The van der Waals surface area contributed by atoms with Gasteiger partial charge in [0.15, 0.2) is 5.79 Å². The molecule has 25 heavy (non-hydrogen) atoms. The number of hydrogen-bond donors (Lipinski definition) is 2. The van der Waals surface area contributed by atoms with E-state index in [1.54, 1.807) is 13.8 Å². The molecule has 1 amide bonds. The molecule has 138 valence electrons. The van der Waals surface area contributed by atoms with Crippen LogP contribution in [0.4, 0.5) is 4.79 Å². The highest BCUT2D eigenvalue weighted by atomic mass is 16.7. The van der Waals surface area contributed by atoms with Crippen molar-refractivity contribution in [1.29, 1.82) is 0 Å². The van der Waals surface area contributed by atoms with Crippen LogP contribution in [0.1, 0.15) is 38.7 Å². The summed E-state index contributed by atoms with van der Waals surface area (Å²) in [4.78, 5) is 22.6. The number of amides is 1. The van der Waals surface area contributed by atoms with Gasteiger partial charge in [0.05, 0.1) is 18.6 Å². The second-order valence-electron chi connectivity index (χ2n) is 6.49. The molecule has 0 aliphatic carbocycles. The van der Waals surface area contributed by atoms with Crippen LogP contribution >= 0.6 is 0 Å². The quantitative estimate of drug-likeness (QED) is 0.784. The van der Waals surface area contributed by atoms with Crippen molar-refractivity contribution in [3.05, 3.63) is 35.9 Å². The number of hydrogen-bond acceptors (Lipinski definition) is 5. The Bertz CT molecular complexity index is 574. The molecule has 0 bridgehead atoms. The number of nitrogens with one attached hydrogen (secondary N) is 1. The zero-order chi connectivity index (χ0) is 18.3. The number of alkyl carbamates (subject to hydrolysis) is 1. The zero-order valence-electron chi connectivity index (χ0n) is 14.6. The summed E-state index contributed by atoms with van der Waals surface area (Å²) in [6.07, 6.45) is -0.0774. The molecule has 0 radical (unpaired) electrons. The van der Waals surface area contributed by atoms with Crippen molar-refractivity contribution in [3.63, 3.8) is 0 Å². The molecule has 7 nitrogen and oxygen atoms in total. The summed E-state index contributed by atoms with van der Waals surface area (Å²) in [6, 6.07) is 9.43. The number of carboxylic acids is 1. The molecule has 2 N–H and O–H groups in total. The van der Waals surface area contributed by atoms with Crippen LogP contribution < -0.4 is 5.32 Å². The topological polar surface area (TPSA) is 94.1 Å². The van der Waals surface area contributed by atoms with Crippen molar-refractivity contribution >= 4 is 12.1 Å². The average Bonchev–Trinajstić information content (AvgIpc) is 2.52. The van der Waals surface area contributed by atoms with Crippen LogP contribution in [0.3, 0.4) is 0 Å². The number of carbonyl (C=O) groups is 2. The summed E-state index contributed by atoms with van der Waals surface area (Å²) in [5, 5.41) is 11.6. The van der Waals surface area contributed by atoms with Crippen LogP contribution in [0.5, 0.6) is 0 Å². The summed E-state index contributed by atoms with van der Waals surface area (Å²) >= 11 is 0. The molecule has 0 spiro atoms. The molecule has 1 aromatic carbocycles. The van der Waals surface area contributed by atoms with Crippen LogP contribution in [-0.2, 0) is 25.6 Å². The summed E-state index contributed by atoms with van der Waals surface area (Å²) in [5.41, 5.74) is 0.920. The largest absolute Gasteiger partial charge is 0.481 e. The van der Waals surface area contributed by atoms with E-state index in [4.69, 9.17) is 19.3 Å². The van der Waals surface area contributed by atoms with Crippen LogP contribution in [0, 0.1) is 0 Å². The minimum atomic E-state index is -0.899. The summed E-state index contributed by atoms with van der Waals surface area (Å²) < 4.78 is 16.5. The molecule has 1 unspecified atom stereocenters. The predicted molar refractivity (Wildman–Crippen MR) is 89.9 cm³/mol. The normalized spacial score (nSPS) is 22.2. The first-order chi connectivity index (χ1) is 11.8. The SMILES string of the molecule is CC1(C)OC(CCNC(=O)OCc2ccccc2)C[C@H](CC(=O)O)O1. The van der Waals surface area contributed by atoms with Gasteiger partial charge < -0.3 is 24.6 Å². The van der Waals surface area contributed by atoms with E-state index in [1.807, 2.05) is 30.3 Å². The summed E-state index contributed by atoms with van der Waals surface area (Å²) in [7, 11) is 0. The highest BCUT2D eigenvalue weighted by Gasteiger charge is 2.36. The minimum absolute atomic E-state index is 0.0597. The Kier molecular flexibility index (Phi) is 6.78. The lowest BCUT2D eigenvalue weighted by Gasteiger charge is -2.40. The van der Waals surface area contributed by atoms with Crippen molar-refractivity contribution in [2.24, 2.45) is 0 Å². The molecular weight excluding hydrogens is 326 g/mol. The van der Waals surface area contributed by atoms with Crippen molar-refractivity contribution in [3.8, 4) is 0 Å². The molecule has 7 heteroatoms. The van der Waals surface area contributed by atoms with E-state index in [-0.39, 0.29) is 19.1 Å². The number of carbonyl (C=O) groups excluding carboxylic acids is 1. The number of benzene rings is 1. The molecular formula is C18H25NO6. The number of carboxylic acid groups (broad SMARTS) is 1.